The number of hydrogen-bond acceptors (Lipinski definition) is 3. The lowest BCUT2D eigenvalue weighted by atomic mass is 10.1. The van der Waals surface area contributed by atoms with Crippen LogP contribution in [0.25, 0.3) is 11.1 Å². The molecule has 4 aromatic rings. The third-order valence-electron chi connectivity index (χ3n) is 5.36. The van der Waals surface area contributed by atoms with Crippen LogP contribution < -0.4 is 10.6 Å². The molecule has 0 aliphatic rings. The zero-order valence-electron chi connectivity index (χ0n) is 18.9. The summed E-state index contributed by atoms with van der Waals surface area (Å²) in [5.74, 6) is -1.04. The van der Waals surface area contributed by atoms with Crippen molar-refractivity contribution in [2.45, 2.75) is 13.1 Å². The van der Waals surface area contributed by atoms with Gasteiger partial charge < -0.3 is 10.6 Å². The van der Waals surface area contributed by atoms with Gasteiger partial charge in [-0.3, -0.25) is 14.3 Å². The van der Waals surface area contributed by atoms with E-state index in [9.17, 15) is 22.8 Å². The van der Waals surface area contributed by atoms with Crippen LogP contribution in [0.15, 0.2) is 79.1 Å². The number of nitrogens with zero attached hydrogens (tertiary/aromatic N) is 2. The van der Waals surface area contributed by atoms with Gasteiger partial charge in [-0.2, -0.15) is 18.3 Å². The van der Waals surface area contributed by atoms with Gasteiger partial charge >= 0.3 is 6.18 Å². The van der Waals surface area contributed by atoms with E-state index >= 15 is 0 Å². The van der Waals surface area contributed by atoms with Crippen molar-refractivity contribution in [2.24, 2.45) is 7.05 Å². The van der Waals surface area contributed by atoms with Gasteiger partial charge in [0.25, 0.3) is 11.8 Å². The Balaban J connectivity index is 1.51. The molecule has 1 heterocycles. The quantitative estimate of drug-likeness (QED) is 0.374. The molecule has 0 saturated heterocycles. The lowest BCUT2D eigenvalue weighted by Crippen LogP contribution is -2.15. The maximum atomic E-state index is 13.0. The van der Waals surface area contributed by atoms with Crippen molar-refractivity contribution in [2.75, 3.05) is 10.6 Å². The Morgan fingerprint density at radius 3 is 2.23 bits per heavy atom. The average Bonchev–Trinajstić information content (AvgIpc) is 3.27. The minimum absolute atomic E-state index is 0.127. The minimum atomic E-state index is -4.55. The highest BCUT2D eigenvalue weighted by Gasteiger charge is 2.30. The van der Waals surface area contributed by atoms with Crippen LogP contribution >= 0.6 is 0 Å². The van der Waals surface area contributed by atoms with Crippen LogP contribution in [0.2, 0.25) is 0 Å². The second-order valence-electron chi connectivity index (χ2n) is 8.00. The number of halogens is 3. The van der Waals surface area contributed by atoms with E-state index in [0.717, 1.165) is 28.8 Å². The fourth-order valence-electron chi connectivity index (χ4n) is 3.48. The van der Waals surface area contributed by atoms with Crippen molar-refractivity contribution < 1.29 is 22.8 Å². The summed E-state index contributed by atoms with van der Waals surface area (Å²) in [7, 11) is 1.81. The first-order valence-electron chi connectivity index (χ1n) is 10.6. The number of carbonyl (C=O) groups excluding carboxylic acids is 2. The van der Waals surface area contributed by atoms with Gasteiger partial charge in [0.15, 0.2) is 0 Å². The lowest BCUT2D eigenvalue weighted by molar-refractivity contribution is -0.137. The first-order chi connectivity index (χ1) is 16.6. The SMILES string of the molecule is Cc1ccc(NC(=O)c2cccc(C(F)(F)F)c2)cc1NC(=O)c1cccc(-c2cnn(C)c2)c1. The van der Waals surface area contributed by atoms with Crippen LogP contribution in [-0.4, -0.2) is 21.6 Å². The van der Waals surface area contributed by atoms with E-state index in [4.69, 9.17) is 0 Å². The van der Waals surface area contributed by atoms with Crippen molar-refractivity contribution >= 4 is 23.2 Å². The molecular weight excluding hydrogens is 457 g/mol. The number of hydrogen-bond donors (Lipinski definition) is 2. The maximum absolute atomic E-state index is 13.0. The van der Waals surface area contributed by atoms with E-state index < -0.39 is 17.6 Å². The third-order valence-corrected chi connectivity index (χ3v) is 5.36. The third kappa shape index (κ3) is 5.57. The van der Waals surface area contributed by atoms with Crippen molar-refractivity contribution in [1.82, 2.24) is 9.78 Å². The smallest absolute Gasteiger partial charge is 0.322 e. The van der Waals surface area contributed by atoms with Crippen LogP contribution in [0.3, 0.4) is 0 Å². The van der Waals surface area contributed by atoms with Crippen molar-refractivity contribution in [3.05, 3.63) is 101 Å². The van der Waals surface area contributed by atoms with E-state index in [1.807, 2.05) is 19.3 Å². The molecule has 0 radical (unpaired) electrons. The van der Waals surface area contributed by atoms with Gasteiger partial charge in [-0.15, -0.1) is 0 Å². The zero-order valence-corrected chi connectivity index (χ0v) is 18.9. The number of nitrogens with one attached hydrogen (secondary N) is 2. The highest BCUT2D eigenvalue weighted by molar-refractivity contribution is 6.07. The summed E-state index contributed by atoms with van der Waals surface area (Å²) >= 11 is 0. The van der Waals surface area contributed by atoms with Crippen LogP contribution in [0, 0.1) is 6.92 Å². The summed E-state index contributed by atoms with van der Waals surface area (Å²) in [6.45, 7) is 1.79. The predicted molar refractivity (Wildman–Crippen MR) is 127 cm³/mol. The summed E-state index contributed by atoms with van der Waals surface area (Å²) < 4.78 is 40.6. The number of aromatic nitrogens is 2. The molecule has 4 rings (SSSR count). The molecule has 3 aromatic carbocycles. The van der Waals surface area contributed by atoms with Crippen molar-refractivity contribution in [3.8, 4) is 11.1 Å². The zero-order chi connectivity index (χ0) is 25.2. The number of rotatable bonds is 5. The van der Waals surface area contributed by atoms with E-state index in [1.54, 1.807) is 54.2 Å². The molecule has 6 nitrogen and oxygen atoms in total. The number of anilines is 2. The maximum Gasteiger partial charge on any atom is 0.416 e. The fraction of sp³-hybridized carbons (Fsp3) is 0.115. The molecule has 9 heteroatoms. The van der Waals surface area contributed by atoms with Gasteiger partial charge in [0.1, 0.15) is 0 Å². The number of alkyl halides is 3. The Labute approximate surface area is 199 Å². The molecular formula is C26H21F3N4O2. The summed E-state index contributed by atoms with van der Waals surface area (Å²) in [6.07, 6.45) is -0.999. The molecule has 0 unspecified atom stereocenters. The summed E-state index contributed by atoms with van der Waals surface area (Å²) in [6, 6.07) is 16.1. The Morgan fingerprint density at radius 1 is 0.857 bits per heavy atom. The number of benzene rings is 3. The number of amides is 2. The largest absolute Gasteiger partial charge is 0.416 e. The summed E-state index contributed by atoms with van der Waals surface area (Å²) in [4.78, 5) is 25.5. The molecule has 0 fully saturated rings. The summed E-state index contributed by atoms with van der Waals surface area (Å²) in [5, 5.41) is 9.56. The minimum Gasteiger partial charge on any atom is -0.322 e. The van der Waals surface area contributed by atoms with E-state index in [0.29, 0.717) is 16.9 Å². The number of carbonyl (C=O) groups is 2. The van der Waals surface area contributed by atoms with Gasteiger partial charge in [0, 0.05) is 41.3 Å². The van der Waals surface area contributed by atoms with Gasteiger partial charge in [-0.1, -0.05) is 24.3 Å². The second-order valence-corrected chi connectivity index (χ2v) is 8.00. The van der Waals surface area contributed by atoms with Gasteiger partial charge in [-0.25, -0.2) is 0 Å². The Kier molecular flexibility index (Phi) is 6.42. The molecule has 1 aromatic heterocycles. The van der Waals surface area contributed by atoms with Crippen molar-refractivity contribution in [1.29, 1.82) is 0 Å². The molecule has 0 aliphatic carbocycles. The van der Waals surface area contributed by atoms with Crippen LogP contribution in [0.5, 0.6) is 0 Å². The second kappa shape index (κ2) is 9.46. The topological polar surface area (TPSA) is 76.0 Å². The van der Waals surface area contributed by atoms with Gasteiger partial charge in [0.2, 0.25) is 0 Å². The molecule has 178 valence electrons. The Hall–Kier alpha value is -4.40. The van der Waals surface area contributed by atoms with Crippen LogP contribution in [0.1, 0.15) is 31.8 Å². The van der Waals surface area contributed by atoms with Crippen molar-refractivity contribution in [3.63, 3.8) is 0 Å². The Bertz CT molecular complexity index is 1410. The van der Waals surface area contributed by atoms with E-state index in [2.05, 4.69) is 15.7 Å². The molecule has 0 aliphatic heterocycles. The standard InChI is InChI=1S/C26H21F3N4O2/c1-16-9-10-22(31-24(34)19-7-4-8-21(12-19)26(27,28)29)13-23(16)32-25(35)18-6-3-5-17(11-18)20-14-30-33(2)15-20/h3-15H,1-2H3,(H,31,34)(H,32,35). The molecule has 2 N–H and O–H groups in total. The lowest BCUT2D eigenvalue weighted by Gasteiger charge is -2.13. The monoisotopic (exact) mass is 478 g/mol. The predicted octanol–water partition coefficient (Wildman–Crippen LogP) is 5.92. The molecule has 0 bridgehead atoms. The molecule has 0 saturated carbocycles. The first kappa shape index (κ1) is 23.7. The molecule has 0 spiro atoms. The highest BCUT2D eigenvalue weighted by Crippen LogP contribution is 2.30. The van der Waals surface area contributed by atoms with Crippen LogP contribution in [0.4, 0.5) is 24.5 Å². The van der Waals surface area contributed by atoms with E-state index in [1.165, 1.54) is 12.1 Å². The number of aryl methyl sites for hydroxylation is 2. The van der Waals surface area contributed by atoms with Crippen LogP contribution in [-0.2, 0) is 13.2 Å². The molecule has 2 amide bonds. The fourth-order valence-corrected chi connectivity index (χ4v) is 3.48. The van der Waals surface area contributed by atoms with Gasteiger partial charge in [0.05, 0.1) is 11.8 Å². The summed E-state index contributed by atoms with van der Waals surface area (Å²) in [5.41, 5.74) is 2.65. The average molecular weight is 478 g/mol. The van der Waals surface area contributed by atoms with Gasteiger partial charge in [-0.05, 0) is 60.5 Å². The molecule has 35 heavy (non-hydrogen) atoms. The van der Waals surface area contributed by atoms with E-state index in [-0.39, 0.29) is 11.5 Å². The molecule has 0 atom stereocenters. The first-order valence-corrected chi connectivity index (χ1v) is 10.6. The Morgan fingerprint density at radius 2 is 1.54 bits per heavy atom. The highest BCUT2D eigenvalue weighted by atomic mass is 19.4. The normalized spacial score (nSPS) is 11.2.